The molecule has 20 heavy (non-hydrogen) atoms. The zero-order valence-electron chi connectivity index (χ0n) is 11.2. The molecule has 0 radical (unpaired) electrons. The van der Waals surface area contributed by atoms with Gasteiger partial charge in [0.2, 0.25) is 0 Å². The first-order valence-corrected chi connectivity index (χ1v) is 6.83. The summed E-state index contributed by atoms with van der Waals surface area (Å²) in [4.78, 5) is 16.3. The maximum absolute atomic E-state index is 12.1. The van der Waals surface area contributed by atoms with Crippen molar-refractivity contribution < 1.29 is 4.79 Å². The van der Waals surface area contributed by atoms with Gasteiger partial charge in [0.15, 0.2) is 0 Å². The molecule has 1 heterocycles. The van der Waals surface area contributed by atoms with Crippen LogP contribution in [0.4, 0.5) is 11.5 Å². The summed E-state index contributed by atoms with van der Waals surface area (Å²) < 4.78 is 0. The molecule has 0 aliphatic carbocycles. The highest BCUT2D eigenvalue weighted by Crippen LogP contribution is 2.15. The van der Waals surface area contributed by atoms with E-state index in [1.165, 1.54) is 0 Å². The van der Waals surface area contributed by atoms with Crippen molar-refractivity contribution in [2.24, 2.45) is 0 Å². The Bertz CT molecular complexity index is 584. The quantitative estimate of drug-likeness (QED) is 0.880. The SMILES string of the molecule is CCCNc1cc(C(=O)Nc2ccc(Cl)cc2)ccn1. The summed E-state index contributed by atoms with van der Waals surface area (Å²) in [5.41, 5.74) is 1.27. The summed E-state index contributed by atoms with van der Waals surface area (Å²) in [5.74, 6) is 0.532. The van der Waals surface area contributed by atoms with Crippen LogP contribution in [0.3, 0.4) is 0 Å². The topological polar surface area (TPSA) is 54.0 Å². The molecule has 0 spiro atoms. The molecular formula is C15H16ClN3O. The number of pyridine rings is 1. The number of carbonyl (C=O) groups excluding carboxylic acids is 1. The van der Waals surface area contributed by atoms with Crippen molar-refractivity contribution >= 4 is 29.0 Å². The van der Waals surface area contributed by atoms with E-state index >= 15 is 0 Å². The highest BCUT2D eigenvalue weighted by Gasteiger charge is 2.07. The average Bonchev–Trinajstić information content (AvgIpc) is 2.48. The lowest BCUT2D eigenvalue weighted by atomic mass is 10.2. The van der Waals surface area contributed by atoms with E-state index in [1.807, 2.05) is 0 Å². The third-order valence-electron chi connectivity index (χ3n) is 2.68. The Kier molecular flexibility index (Phi) is 4.96. The Labute approximate surface area is 123 Å². The molecule has 1 aromatic carbocycles. The molecule has 2 rings (SSSR count). The Morgan fingerprint density at radius 2 is 2.00 bits per heavy atom. The number of hydrogen-bond donors (Lipinski definition) is 2. The molecule has 0 saturated heterocycles. The van der Waals surface area contributed by atoms with Gasteiger partial charge in [-0.05, 0) is 42.8 Å². The molecule has 2 N–H and O–H groups in total. The molecular weight excluding hydrogens is 274 g/mol. The van der Waals surface area contributed by atoms with Gasteiger partial charge in [0.25, 0.3) is 5.91 Å². The second-order valence-electron chi connectivity index (χ2n) is 4.32. The molecule has 0 atom stereocenters. The lowest BCUT2D eigenvalue weighted by Crippen LogP contribution is -2.12. The number of carbonyl (C=O) groups is 1. The lowest BCUT2D eigenvalue weighted by Gasteiger charge is -2.07. The number of hydrogen-bond acceptors (Lipinski definition) is 3. The molecule has 1 amide bonds. The fraction of sp³-hybridized carbons (Fsp3) is 0.200. The van der Waals surface area contributed by atoms with Gasteiger partial charge < -0.3 is 10.6 Å². The third-order valence-corrected chi connectivity index (χ3v) is 2.93. The van der Waals surface area contributed by atoms with E-state index in [1.54, 1.807) is 42.6 Å². The van der Waals surface area contributed by atoms with Gasteiger partial charge in [-0.2, -0.15) is 0 Å². The molecule has 0 unspecified atom stereocenters. The first kappa shape index (κ1) is 14.3. The normalized spacial score (nSPS) is 10.1. The summed E-state index contributed by atoms with van der Waals surface area (Å²) in [5, 5.41) is 6.60. The molecule has 2 aromatic rings. The molecule has 4 nitrogen and oxygen atoms in total. The second kappa shape index (κ2) is 6.91. The molecule has 0 aliphatic heterocycles. The van der Waals surface area contributed by atoms with Crippen LogP contribution >= 0.6 is 11.6 Å². The van der Waals surface area contributed by atoms with Crippen molar-refractivity contribution in [3.63, 3.8) is 0 Å². The number of rotatable bonds is 5. The maximum Gasteiger partial charge on any atom is 0.255 e. The van der Waals surface area contributed by atoms with Gasteiger partial charge in [-0.3, -0.25) is 4.79 Å². The summed E-state index contributed by atoms with van der Waals surface area (Å²) >= 11 is 5.81. The van der Waals surface area contributed by atoms with Gasteiger partial charge in [0.1, 0.15) is 5.82 Å². The van der Waals surface area contributed by atoms with E-state index in [9.17, 15) is 4.79 Å². The maximum atomic E-state index is 12.1. The minimum Gasteiger partial charge on any atom is -0.370 e. The fourth-order valence-electron chi connectivity index (χ4n) is 1.66. The van der Waals surface area contributed by atoms with Crippen LogP contribution in [-0.2, 0) is 0 Å². The van der Waals surface area contributed by atoms with Crippen LogP contribution in [0.2, 0.25) is 5.02 Å². The van der Waals surface area contributed by atoms with Gasteiger partial charge >= 0.3 is 0 Å². The summed E-state index contributed by atoms with van der Waals surface area (Å²) in [6.45, 7) is 2.90. The Balaban J connectivity index is 2.06. The van der Waals surface area contributed by atoms with Crippen molar-refractivity contribution in [2.45, 2.75) is 13.3 Å². The summed E-state index contributed by atoms with van der Waals surface area (Å²) in [6, 6.07) is 10.4. The Morgan fingerprint density at radius 1 is 1.25 bits per heavy atom. The molecule has 1 aromatic heterocycles. The Morgan fingerprint density at radius 3 is 2.70 bits per heavy atom. The molecule has 5 heteroatoms. The lowest BCUT2D eigenvalue weighted by molar-refractivity contribution is 0.102. The van der Waals surface area contributed by atoms with E-state index in [0.29, 0.717) is 22.1 Å². The Hall–Kier alpha value is -2.07. The number of nitrogens with zero attached hydrogens (tertiary/aromatic N) is 1. The van der Waals surface area contributed by atoms with Crippen LogP contribution in [-0.4, -0.2) is 17.4 Å². The van der Waals surface area contributed by atoms with E-state index in [2.05, 4.69) is 22.5 Å². The van der Waals surface area contributed by atoms with Crippen LogP contribution in [0.25, 0.3) is 0 Å². The predicted molar refractivity (Wildman–Crippen MR) is 82.4 cm³/mol. The van der Waals surface area contributed by atoms with Crippen LogP contribution in [0.15, 0.2) is 42.6 Å². The number of amides is 1. The second-order valence-corrected chi connectivity index (χ2v) is 4.75. The number of benzene rings is 1. The number of halogens is 1. The van der Waals surface area contributed by atoms with Crippen LogP contribution in [0.5, 0.6) is 0 Å². The molecule has 0 saturated carbocycles. The van der Waals surface area contributed by atoms with E-state index in [-0.39, 0.29) is 5.91 Å². The minimum absolute atomic E-state index is 0.172. The monoisotopic (exact) mass is 289 g/mol. The zero-order valence-corrected chi connectivity index (χ0v) is 11.9. The number of aromatic nitrogens is 1. The molecule has 104 valence electrons. The summed E-state index contributed by atoms with van der Waals surface area (Å²) in [7, 11) is 0. The van der Waals surface area contributed by atoms with E-state index < -0.39 is 0 Å². The van der Waals surface area contributed by atoms with Crippen molar-refractivity contribution in [1.82, 2.24) is 4.98 Å². The van der Waals surface area contributed by atoms with Gasteiger partial charge in [0, 0.05) is 29.0 Å². The van der Waals surface area contributed by atoms with Crippen molar-refractivity contribution in [3.8, 4) is 0 Å². The highest BCUT2D eigenvalue weighted by atomic mass is 35.5. The highest BCUT2D eigenvalue weighted by molar-refractivity contribution is 6.30. The first-order chi connectivity index (χ1) is 9.69. The first-order valence-electron chi connectivity index (χ1n) is 6.46. The van der Waals surface area contributed by atoms with E-state index in [0.717, 1.165) is 13.0 Å². The number of anilines is 2. The van der Waals surface area contributed by atoms with Gasteiger partial charge in [-0.1, -0.05) is 18.5 Å². The van der Waals surface area contributed by atoms with Crippen LogP contribution < -0.4 is 10.6 Å². The van der Waals surface area contributed by atoms with Crippen LogP contribution in [0, 0.1) is 0 Å². The smallest absolute Gasteiger partial charge is 0.255 e. The number of nitrogens with one attached hydrogen (secondary N) is 2. The average molecular weight is 290 g/mol. The minimum atomic E-state index is -0.172. The molecule has 0 bridgehead atoms. The molecule has 0 aliphatic rings. The zero-order chi connectivity index (χ0) is 14.4. The van der Waals surface area contributed by atoms with Gasteiger partial charge in [-0.15, -0.1) is 0 Å². The fourth-order valence-corrected chi connectivity index (χ4v) is 1.78. The van der Waals surface area contributed by atoms with E-state index in [4.69, 9.17) is 11.6 Å². The van der Waals surface area contributed by atoms with Crippen molar-refractivity contribution in [3.05, 3.63) is 53.2 Å². The van der Waals surface area contributed by atoms with Crippen molar-refractivity contribution in [2.75, 3.05) is 17.2 Å². The van der Waals surface area contributed by atoms with Crippen LogP contribution in [0.1, 0.15) is 23.7 Å². The largest absolute Gasteiger partial charge is 0.370 e. The van der Waals surface area contributed by atoms with Gasteiger partial charge in [0.05, 0.1) is 0 Å². The van der Waals surface area contributed by atoms with Gasteiger partial charge in [-0.25, -0.2) is 4.98 Å². The van der Waals surface area contributed by atoms with Crippen molar-refractivity contribution in [1.29, 1.82) is 0 Å². The summed E-state index contributed by atoms with van der Waals surface area (Å²) in [6.07, 6.45) is 2.62. The standard InChI is InChI=1S/C15H16ClN3O/c1-2-8-17-14-10-11(7-9-18-14)15(20)19-13-5-3-12(16)4-6-13/h3-7,9-10H,2,8H2,1H3,(H,17,18)(H,19,20). The predicted octanol–water partition coefficient (Wildman–Crippen LogP) is 3.81. The third kappa shape index (κ3) is 3.96. The molecule has 0 fully saturated rings.